The number of sulfonamides is 1. The van der Waals surface area contributed by atoms with E-state index >= 15 is 0 Å². The summed E-state index contributed by atoms with van der Waals surface area (Å²) < 4.78 is 42.8. The first-order valence-electron chi connectivity index (χ1n) is 9.97. The molecule has 31 heavy (non-hydrogen) atoms. The zero-order valence-electron chi connectivity index (χ0n) is 17.6. The van der Waals surface area contributed by atoms with Crippen molar-refractivity contribution in [2.24, 2.45) is 5.92 Å². The lowest BCUT2D eigenvalue weighted by Gasteiger charge is -2.30. The van der Waals surface area contributed by atoms with Crippen LogP contribution in [0.2, 0.25) is 0 Å². The van der Waals surface area contributed by atoms with E-state index in [-0.39, 0.29) is 29.8 Å². The standard InChI is InChI=1S/C21H27N3O6S/c1-28-14-15-30-21-19(4-3-11-22-21)23-20(25)16-9-12-24(13-10-16)31(26,27)18-7-5-17(29-2)6-8-18/h3-8,11,16H,9-10,12-15H2,1-2H3,(H,23,25). The van der Waals surface area contributed by atoms with E-state index in [4.69, 9.17) is 14.2 Å². The number of pyridine rings is 1. The Hall–Kier alpha value is -2.69. The van der Waals surface area contributed by atoms with Gasteiger partial charge in [-0.05, 0) is 49.2 Å². The predicted molar refractivity (Wildman–Crippen MR) is 115 cm³/mol. The topological polar surface area (TPSA) is 107 Å². The second kappa shape index (κ2) is 10.6. The Labute approximate surface area is 182 Å². The highest BCUT2D eigenvalue weighted by Crippen LogP contribution is 2.27. The highest BCUT2D eigenvalue weighted by atomic mass is 32.2. The van der Waals surface area contributed by atoms with Crippen molar-refractivity contribution >= 4 is 21.6 Å². The Balaban J connectivity index is 1.59. The molecular formula is C21H27N3O6S. The molecule has 0 aliphatic carbocycles. The number of hydrogen-bond acceptors (Lipinski definition) is 7. The fourth-order valence-corrected chi connectivity index (χ4v) is 4.78. The number of carbonyl (C=O) groups is 1. The molecule has 0 saturated carbocycles. The quantitative estimate of drug-likeness (QED) is 0.585. The van der Waals surface area contributed by atoms with Crippen molar-refractivity contribution in [3.05, 3.63) is 42.6 Å². The lowest BCUT2D eigenvalue weighted by atomic mass is 9.97. The lowest BCUT2D eigenvalue weighted by molar-refractivity contribution is -0.120. The fourth-order valence-electron chi connectivity index (χ4n) is 3.31. The van der Waals surface area contributed by atoms with Crippen LogP contribution in [0.5, 0.6) is 11.6 Å². The number of ether oxygens (including phenoxy) is 3. The molecule has 1 aliphatic rings. The van der Waals surface area contributed by atoms with Crippen LogP contribution >= 0.6 is 0 Å². The largest absolute Gasteiger partial charge is 0.497 e. The van der Waals surface area contributed by atoms with Crippen LogP contribution in [-0.2, 0) is 19.6 Å². The van der Waals surface area contributed by atoms with E-state index in [1.165, 1.54) is 23.5 Å². The molecule has 1 amide bonds. The average molecular weight is 450 g/mol. The maximum atomic E-state index is 12.9. The first-order valence-corrected chi connectivity index (χ1v) is 11.4. The molecule has 3 rings (SSSR count). The Bertz CT molecular complexity index is 973. The normalized spacial score (nSPS) is 15.4. The Kier molecular flexibility index (Phi) is 7.83. The monoisotopic (exact) mass is 449 g/mol. The molecule has 0 unspecified atom stereocenters. The van der Waals surface area contributed by atoms with Crippen molar-refractivity contribution in [3.63, 3.8) is 0 Å². The third-order valence-corrected chi connectivity index (χ3v) is 6.99. The number of aromatic nitrogens is 1. The summed E-state index contributed by atoms with van der Waals surface area (Å²) in [5.74, 6) is 0.447. The Morgan fingerprint density at radius 2 is 1.84 bits per heavy atom. The molecular weight excluding hydrogens is 422 g/mol. The fraction of sp³-hybridized carbons (Fsp3) is 0.429. The van der Waals surface area contributed by atoms with Gasteiger partial charge in [-0.2, -0.15) is 4.31 Å². The number of nitrogens with zero attached hydrogens (tertiary/aromatic N) is 2. The maximum Gasteiger partial charge on any atom is 0.243 e. The van der Waals surface area contributed by atoms with Gasteiger partial charge in [0.25, 0.3) is 0 Å². The molecule has 0 bridgehead atoms. The van der Waals surface area contributed by atoms with Gasteiger partial charge in [-0.1, -0.05) is 0 Å². The van der Waals surface area contributed by atoms with Crippen molar-refractivity contribution < 1.29 is 27.4 Å². The number of piperidine rings is 1. The lowest BCUT2D eigenvalue weighted by Crippen LogP contribution is -2.41. The first-order chi connectivity index (χ1) is 15.0. The van der Waals surface area contributed by atoms with Crippen molar-refractivity contribution in [2.45, 2.75) is 17.7 Å². The van der Waals surface area contributed by atoms with Gasteiger partial charge in [0.05, 0.1) is 18.6 Å². The van der Waals surface area contributed by atoms with Crippen LogP contribution in [0.3, 0.4) is 0 Å². The summed E-state index contributed by atoms with van der Waals surface area (Å²) in [6.07, 6.45) is 2.45. The summed E-state index contributed by atoms with van der Waals surface area (Å²) in [5.41, 5.74) is 0.483. The van der Waals surface area contributed by atoms with Crippen LogP contribution < -0.4 is 14.8 Å². The highest BCUT2D eigenvalue weighted by Gasteiger charge is 2.32. The number of methoxy groups -OCH3 is 2. The molecule has 2 heterocycles. The summed E-state index contributed by atoms with van der Waals surface area (Å²) in [7, 11) is -0.508. The first kappa shape index (κ1) is 23.0. The number of carbonyl (C=O) groups excluding carboxylic acids is 1. The van der Waals surface area contributed by atoms with Crippen LogP contribution in [0, 0.1) is 5.92 Å². The summed E-state index contributed by atoms with van der Waals surface area (Å²) in [5, 5.41) is 2.86. The molecule has 1 N–H and O–H groups in total. The SMILES string of the molecule is COCCOc1ncccc1NC(=O)C1CCN(S(=O)(=O)c2ccc(OC)cc2)CC1. The maximum absolute atomic E-state index is 12.9. The van der Waals surface area contributed by atoms with Gasteiger partial charge in [-0.3, -0.25) is 4.79 Å². The molecule has 1 fully saturated rings. The number of rotatable bonds is 9. The van der Waals surface area contributed by atoms with E-state index in [9.17, 15) is 13.2 Å². The average Bonchev–Trinajstić information content (AvgIpc) is 2.80. The van der Waals surface area contributed by atoms with Gasteiger partial charge < -0.3 is 19.5 Å². The van der Waals surface area contributed by atoms with Crippen LogP contribution in [0.1, 0.15) is 12.8 Å². The number of anilines is 1. The molecule has 1 aromatic heterocycles. The van der Waals surface area contributed by atoms with Crippen LogP contribution in [-0.4, -0.2) is 64.1 Å². The molecule has 9 nitrogen and oxygen atoms in total. The molecule has 2 aromatic rings. The Morgan fingerprint density at radius 1 is 1.13 bits per heavy atom. The molecule has 10 heteroatoms. The predicted octanol–water partition coefficient (Wildman–Crippen LogP) is 2.15. The van der Waals surface area contributed by atoms with Gasteiger partial charge in [0.2, 0.25) is 21.8 Å². The number of benzene rings is 1. The number of nitrogens with one attached hydrogen (secondary N) is 1. The van der Waals surface area contributed by atoms with E-state index < -0.39 is 10.0 Å². The Morgan fingerprint density at radius 3 is 2.48 bits per heavy atom. The van der Waals surface area contributed by atoms with Crippen LogP contribution in [0.15, 0.2) is 47.5 Å². The second-order valence-corrected chi connectivity index (χ2v) is 8.98. The van der Waals surface area contributed by atoms with Gasteiger partial charge >= 0.3 is 0 Å². The smallest absolute Gasteiger partial charge is 0.243 e. The number of amides is 1. The molecule has 0 spiro atoms. The van der Waals surface area contributed by atoms with Crippen molar-refractivity contribution in [1.82, 2.24) is 9.29 Å². The molecule has 1 aliphatic heterocycles. The molecule has 168 valence electrons. The number of hydrogen-bond donors (Lipinski definition) is 1. The molecule has 0 atom stereocenters. The third-order valence-electron chi connectivity index (χ3n) is 5.08. The van der Waals surface area contributed by atoms with Crippen molar-refractivity contribution in [2.75, 3.05) is 45.8 Å². The van der Waals surface area contributed by atoms with Crippen LogP contribution in [0.4, 0.5) is 5.69 Å². The van der Waals surface area contributed by atoms with Gasteiger partial charge in [0, 0.05) is 32.3 Å². The molecule has 1 aromatic carbocycles. The van der Waals surface area contributed by atoms with Gasteiger partial charge in [-0.25, -0.2) is 13.4 Å². The molecule has 1 saturated heterocycles. The summed E-state index contributed by atoms with van der Waals surface area (Å²) in [6, 6.07) is 9.72. The van der Waals surface area contributed by atoms with E-state index in [2.05, 4.69) is 10.3 Å². The van der Waals surface area contributed by atoms with Crippen molar-refractivity contribution in [3.8, 4) is 11.6 Å². The molecule has 0 radical (unpaired) electrons. The minimum atomic E-state index is -3.61. The van der Waals surface area contributed by atoms with Gasteiger partial charge in [0.1, 0.15) is 18.0 Å². The highest BCUT2D eigenvalue weighted by molar-refractivity contribution is 7.89. The van der Waals surface area contributed by atoms with Crippen LogP contribution in [0.25, 0.3) is 0 Å². The zero-order chi connectivity index (χ0) is 22.3. The summed E-state index contributed by atoms with van der Waals surface area (Å²) in [6.45, 7) is 1.27. The van der Waals surface area contributed by atoms with E-state index in [1.54, 1.807) is 37.6 Å². The summed E-state index contributed by atoms with van der Waals surface area (Å²) in [4.78, 5) is 17.1. The minimum absolute atomic E-state index is 0.175. The van der Waals surface area contributed by atoms with E-state index in [0.717, 1.165) is 0 Å². The second-order valence-electron chi connectivity index (χ2n) is 7.04. The zero-order valence-corrected chi connectivity index (χ0v) is 18.4. The third kappa shape index (κ3) is 5.72. The summed E-state index contributed by atoms with van der Waals surface area (Å²) >= 11 is 0. The van der Waals surface area contributed by atoms with Gasteiger partial charge in [-0.15, -0.1) is 0 Å². The minimum Gasteiger partial charge on any atom is -0.497 e. The van der Waals surface area contributed by atoms with Crippen molar-refractivity contribution in [1.29, 1.82) is 0 Å². The van der Waals surface area contributed by atoms with Gasteiger partial charge in [0.15, 0.2) is 0 Å². The van der Waals surface area contributed by atoms with E-state index in [0.29, 0.717) is 43.4 Å². The van der Waals surface area contributed by atoms with E-state index in [1.807, 2.05) is 0 Å².